The fourth-order valence-corrected chi connectivity index (χ4v) is 5.51. The molecule has 0 aliphatic carbocycles. The van der Waals surface area contributed by atoms with Gasteiger partial charge in [0.25, 0.3) is 11.8 Å². The Hall–Kier alpha value is -2.41. The summed E-state index contributed by atoms with van der Waals surface area (Å²) in [6.07, 6.45) is 4.13. The number of rotatable bonds is 3. The maximum atomic E-state index is 13.2. The van der Waals surface area contributed by atoms with Gasteiger partial charge in [0.2, 0.25) is 0 Å². The van der Waals surface area contributed by atoms with Crippen LogP contribution in [0.3, 0.4) is 0 Å². The van der Waals surface area contributed by atoms with Crippen molar-refractivity contribution in [2.45, 2.75) is 44.3 Å². The van der Waals surface area contributed by atoms with Gasteiger partial charge in [-0.2, -0.15) is 0 Å². The highest BCUT2D eigenvalue weighted by Gasteiger charge is 2.32. The average Bonchev–Trinajstić information content (AvgIpc) is 3.17. The predicted molar refractivity (Wildman–Crippen MR) is 126 cm³/mol. The molecule has 6 nitrogen and oxygen atoms in total. The lowest BCUT2D eigenvalue weighted by Crippen LogP contribution is -2.50. The van der Waals surface area contributed by atoms with Crippen LogP contribution in [0.5, 0.6) is 0 Å². The van der Waals surface area contributed by atoms with Gasteiger partial charge in [0.05, 0.1) is 17.1 Å². The summed E-state index contributed by atoms with van der Waals surface area (Å²) in [5, 5.41) is 0.473. The second-order valence-electron chi connectivity index (χ2n) is 9.11. The summed E-state index contributed by atoms with van der Waals surface area (Å²) in [5.74, 6) is -0.0783. The van der Waals surface area contributed by atoms with Crippen molar-refractivity contribution < 1.29 is 9.59 Å². The Kier molecular flexibility index (Phi) is 5.93. The van der Waals surface area contributed by atoms with Crippen molar-refractivity contribution in [2.24, 2.45) is 5.73 Å². The topological polar surface area (TPSA) is 69.9 Å². The molecule has 7 heteroatoms. The van der Waals surface area contributed by atoms with Crippen molar-refractivity contribution in [2.75, 3.05) is 31.1 Å². The van der Waals surface area contributed by atoms with Gasteiger partial charge in [-0.3, -0.25) is 9.59 Å². The average molecular weight is 453 g/mol. The summed E-state index contributed by atoms with van der Waals surface area (Å²) in [6, 6.07) is 13.8. The van der Waals surface area contributed by atoms with Crippen molar-refractivity contribution in [1.82, 2.24) is 9.80 Å². The Balaban J connectivity index is 1.25. The van der Waals surface area contributed by atoms with Gasteiger partial charge in [-0.15, -0.1) is 0 Å². The molecule has 2 aromatic rings. The number of nitrogens with zero attached hydrogens (tertiary/aromatic N) is 3. The number of hydrogen-bond donors (Lipinski definition) is 1. The molecule has 2 N–H and O–H groups in total. The lowest BCUT2D eigenvalue weighted by molar-refractivity contribution is 0.0580. The molecule has 3 aliphatic heterocycles. The monoisotopic (exact) mass is 452 g/mol. The van der Waals surface area contributed by atoms with E-state index < -0.39 is 0 Å². The predicted octanol–water partition coefficient (Wildman–Crippen LogP) is 3.53. The van der Waals surface area contributed by atoms with Crippen LogP contribution in [0.15, 0.2) is 42.5 Å². The number of halogens is 1. The highest BCUT2D eigenvalue weighted by Crippen LogP contribution is 2.33. The van der Waals surface area contributed by atoms with E-state index in [9.17, 15) is 9.59 Å². The Morgan fingerprint density at radius 3 is 2.41 bits per heavy atom. The lowest BCUT2D eigenvalue weighted by Gasteiger charge is -2.41. The van der Waals surface area contributed by atoms with Crippen molar-refractivity contribution >= 4 is 29.1 Å². The quantitative estimate of drug-likeness (QED) is 0.773. The zero-order chi connectivity index (χ0) is 22.2. The van der Waals surface area contributed by atoms with Gasteiger partial charge < -0.3 is 20.4 Å². The lowest BCUT2D eigenvalue weighted by atomic mass is 9.98. The van der Waals surface area contributed by atoms with E-state index >= 15 is 0 Å². The normalized spacial score (nSPS) is 20.6. The van der Waals surface area contributed by atoms with Gasteiger partial charge in [0, 0.05) is 36.4 Å². The second kappa shape index (κ2) is 8.85. The van der Waals surface area contributed by atoms with E-state index in [1.54, 1.807) is 11.0 Å². The minimum atomic E-state index is -0.114. The molecule has 5 rings (SSSR count). The third kappa shape index (κ3) is 4.03. The number of amides is 2. The van der Waals surface area contributed by atoms with Crippen molar-refractivity contribution in [3.8, 4) is 0 Å². The fraction of sp³-hybridized carbons (Fsp3) is 0.440. The molecule has 0 bridgehead atoms. The molecule has 3 heterocycles. The Morgan fingerprint density at radius 2 is 1.69 bits per heavy atom. The van der Waals surface area contributed by atoms with Crippen LogP contribution in [0.25, 0.3) is 0 Å². The molecule has 0 aromatic heterocycles. The van der Waals surface area contributed by atoms with Crippen LogP contribution in [0, 0.1) is 0 Å². The van der Waals surface area contributed by atoms with Gasteiger partial charge in [-0.1, -0.05) is 29.8 Å². The van der Waals surface area contributed by atoms with Crippen molar-refractivity contribution in [1.29, 1.82) is 0 Å². The first-order valence-corrected chi connectivity index (χ1v) is 11.9. The number of piperidine rings is 2. The summed E-state index contributed by atoms with van der Waals surface area (Å²) in [4.78, 5) is 32.4. The Labute approximate surface area is 193 Å². The highest BCUT2D eigenvalue weighted by molar-refractivity contribution is 6.35. The third-order valence-corrected chi connectivity index (χ3v) is 7.45. The van der Waals surface area contributed by atoms with E-state index in [1.165, 1.54) is 0 Å². The van der Waals surface area contributed by atoms with Gasteiger partial charge in [-0.25, -0.2) is 0 Å². The van der Waals surface area contributed by atoms with Crippen LogP contribution in [0.1, 0.15) is 52.0 Å². The number of anilines is 1. The highest BCUT2D eigenvalue weighted by atomic mass is 35.5. The molecule has 168 valence electrons. The molecule has 2 fully saturated rings. The van der Waals surface area contributed by atoms with Crippen LogP contribution < -0.4 is 10.6 Å². The molecule has 3 aliphatic rings. The van der Waals surface area contributed by atoms with Gasteiger partial charge >= 0.3 is 0 Å². The molecule has 0 unspecified atom stereocenters. The van der Waals surface area contributed by atoms with E-state index in [1.807, 2.05) is 41.3 Å². The summed E-state index contributed by atoms with van der Waals surface area (Å²) in [6.45, 7) is 4.13. The van der Waals surface area contributed by atoms with Crippen LogP contribution in [0.2, 0.25) is 5.02 Å². The molecule has 0 radical (unpaired) electrons. The van der Waals surface area contributed by atoms with Crippen molar-refractivity contribution in [3.63, 3.8) is 0 Å². The van der Waals surface area contributed by atoms with Crippen molar-refractivity contribution in [3.05, 3.63) is 64.2 Å². The molecule has 0 atom stereocenters. The maximum absolute atomic E-state index is 13.2. The van der Waals surface area contributed by atoms with Gasteiger partial charge in [-0.05, 0) is 68.6 Å². The first-order valence-electron chi connectivity index (χ1n) is 11.5. The minimum Gasteiger partial charge on any atom is -0.339 e. The number of carbonyl (C=O) groups excluding carboxylic acids is 2. The molecule has 32 heavy (non-hydrogen) atoms. The molecule has 0 saturated carbocycles. The molecule has 0 spiro atoms. The third-order valence-electron chi connectivity index (χ3n) is 7.13. The number of fused-ring (bicyclic) bond motifs is 1. The fourth-order valence-electron chi connectivity index (χ4n) is 5.23. The smallest absolute Gasteiger partial charge is 0.260 e. The number of hydrogen-bond acceptors (Lipinski definition) is 4. The Bertz CT molecular complexity index is 1030. The molecule has 2 amide bonds. The van der Waals surface area contributed by atoms with Gasteiger partial charge in [0.15, 0.2) is 0 Å². The first kappa shape index (κ1) is 21.4. The van der Waals surface area contributed by atoms with Crippen LogP contribution >= 0.6 is 11.6 Å². The van der Waals surface area contributed by atoms with E-state index in [4.69, 9.17) is 17.3 Å². The Morgan fingerprint density at radius 1 is 0.969 bits per heavy atom. The van der Waals surface area contributed by atoms with Crippen LogP contribution in [0.4, 0.5) is 5.69 Å². The van der Waals surface area contributed by atoms with E-state index in [0.29, 0.717) is 34.8 Å². The zero-order valence-corrected chi connectivity index (χ0v) is 18.9. The zero-order valence-electron chi connectivity index (χ0n) is 18.2. The number of nitrogens with two attached hydrogens (primary N) is 1. The summed E-state index contributed by atoms with van der Waals surface area (Å²) >= 11 is 6.26. The first-order chi connectivity index (χ1) is 15.5. The van der Waals surface area contributed by atoms with Crippen LogP contribution in [-0.2, 0) is 6.54 Å². The molecular weight excluding hydrogens is 424 g/mol. The van der Waals surface area contributed by atoms with Crippen LogP contribution in [-0.4, -0.2) is 59.9 Å². The second-order valence-corrected chi connectivity index (χ2v) is 9.52. The van der Waals surface area contributed by atoms with Gasteiger partial charge in [0.1, 0.15) is 0 Å². The van der Waals surface area contributed by atoms with E-state index in [2.05, 4.69) is 4.90 Å². The summed E-state index contributed by atoms with van der Waals surface area (Å²) in [7, 11) is 0. The summed E-state index contributed by atoms with van der Waals surface area (Å²) in [5.41, 5.74) is 8.87. The number of carbonyl (C=O) groups is 2. The standard InChI is InChI=1S/C25H29ClN4O2/c26-22-6-2-4-18-16-30(25(32)23(18)22)21-5-1-3-17(15-21)24(31)29-13-9-20(10-14-29)28-11-7-19(27)8-12-28/h1-6,15,19-20H,7-14,16,27H2. The van der Waals surface area contributed by atoms with E-state index in [-0.39, 0.29) is 11.8 Å². The number of benzene rings is 2. The SMILES string of the molecule is NC1CCN(C2CCN(C(=O)c3cccc(N4Cc5cccc(Cl)c5C4=O)c3)CC2)CC1. The van der Waals surface area contributed by atoms with E-state index in [0.717, 1.165) is 63.1 Å². The molecule has 2 aromatic carbocycles. The largest absolute Gasteiger partial charge is 0.339 e. The molecular formula is C25H29ClN4O2. The number of likely N-dealkylation sites (tertiary alicyclic amines) is 2. The summed E-state index contributed by atoms with van der Waals surface area (Å²) < 4.78 is 0. The maximum Gasteiger partial charge on any atom is 0.260 e. The minimum absolute atomic E-state index is 0.0353. The molecule has 2 saturated heterocycles.